The zero-order valence-corrected chi connectivity index (χ0v) is 17.7. The smallest absolute Gasteiger partial charge is 0.269 e. The summed E-state index contributed by atoms with van der Waals surface area (Å²) in [6.45, 7) is 2.81. The van der Waals surface area contributed by atoms with E-state index in [0.29, 0.717) is 34.7 Å². The normalized spacial score (nSPS) is 18.6. The lowest BCUT2D eigenvalue weighted by Gasteiger charge is -2.34. The number of nitrogens with zero attached hydrogens (tertiary/aromatic N) is 2. The molecule has 0 radical (unpaired) electrons. The summed E-state index contributed by atoms with van der Waals surface area (Å²) in [5, 5.41) is 3.42. The number of nitrogens with one attached hydrogen (secondary N) is 2. The second-order valence-electron chi connectivity index (χ2n) is 8.34. The number of carbonyl (C=O) groups is 1. The van der Waals surface area contributed by atoms with Crippen molar-refractivity contribution in [3.63, 3.8) is 0 Å². The second-order valence-corrected chi connectivity index (χ2v) is 8.34. The number of imidazole rings is 1. The number of carbonyl (C=O) groups excluding carboxylic acids is 1. The molecule has 7 nitrogen and oxygen atoms in total. The van der Waals surface area contributed by atoms with E-state index >= 15 is 0 Å². The minimum absolute atomic E-state index is 0.297. The van der Waals surface area contributed by atoms with Crippen LogP contribution >= 0.6 is 0 Å². The van der Waals surface area contributed by atoms with Gasteiger partial charge < -0.3 is 21.2 Å². The van der Waals surface area contributed by atoms with E-state index in [1.165, 1.54) is 12.1 Å². The summed E-state index contributed by atoms with van der Waals surface area (Å²) in [5.41, 5.74) is 10.8. The van der Waals surface area contributed by atoms with Crippen molar-refractivity contribution in [2.75, 3.05) is 25.1 Å². The van der Waals surface area contributed by atoms with E-state index < -0.39 is 5.91 Å². The van der Waals surface area contributed by atoms with Crippen molar-refractivity contribution >= 4 is 5.91 Å². The standard InChI is InChI=1S/C24H26FN5O2/c25-17-3-7-19(8-4-17)32-18-5-1-16(2-6-18)21-22(23(26)31)30-24(29-21)20(11-14-28-30)15-9-12-27-13-10-15/h1-8,15,20,27-28H,9-14H2,(H2,26,31). The molecular weight excluding hydrogens is 409 g/mol. The molecule has 2 aliphatic rings. The van der Waals surface area contributed by atoms with Gasteiger partial charge in [0, 0.05) is 18.0 Å². The highest BCUT2D eigenvalue weighted by molar-refractivity contribution is 5.97. The molecule has 4 N–H and O–H groups in total. The molecule has 1 fully saturated rings. The molecule has 5 rings (SSSR count). The third kappa shape index (κ3) is 3.93. The van der Waals surface area contributed by atoms with Crippen LogP contribution in [0.1, 0.15) is 41.5 Å². The van der Waals surface area contributed by atoms with Gasteiger partial charge in [0.25, 0.3) is 5.91 Å². The van der Waals surface area contributed by atoms with E-state index in [1.807, 2.05) is 12.1 Å². The molecule has 0 bridgehead atoms. The summed E-state index contributed by atoms with van der Waals surface area (Å²) >= 11 is 0. The van der Waals surface area contributed by atoms with E-state index in [0.717, 1.165) is 50.3 Å². The highest BCUT2D eigenvalue weighted by Crippen LogP contribution is 2.38. The van der Waals surface area contributed by atoms with Gasteiger partial charge >= 0.3 is 0 Å². The number of benzene rings is 2. The molecular formula is C24H26FN5O2. The number of piperidine rings is 1. The summed E-state index contributed by atoms with van der Waals surface area (Å²) in [4.78, 5) is 17.3. The number of halogens is 1. The Morgan fingerprint density at radius 2 is 1.66 bits per heavy atom. The molecule has 1 aromatic heterocycles. The third-order valence-corrected chi connectivity index (χ3v) is 6.32. The Bertz CT molecular complexity index is 1100. The first-order valence-electron chi connectivity index (χ1n) is 11.0. The van der Waals surface area contributed by atoms with Crippen LogP contribution in [0.3, 0.4) is 0 Å². The average Bonchev–Trinajstić information content (AvgIpc) is 3.22. The lowest BCUT2D eigenvalue weighted by atomic mass is 9.82. The van der Waals surface area contributed by atoms with Gasteiger partial charge in [-0.3, -0.25) is 4.79 Å². The number of nitrogens with two attached hydrogens (primary N) is 1. The van der Waals surface area contributed by atoms with E-state index in [9.17, 15) is 9.18 Å². The van der Waals surface area contributed by atoms with Gasteiger partial charge in [0.2, 0.25) is 0 Å². The topological polar surface area (TPSA) is 94.2 Å². The fourth-order valence-electron chi connectivity index (χ4n) is 4.75. The van der Waals surface area contributed by atoms with Crippen LogP contribution in [0.15, 0.2) is 48.5 Å². The van der Waals surface area contributed by atoms with Crippen molar-refractivity contribution < 1.29 is 13.9 Å². The minimum Gasteiger partial charge on any atom is -0.457 e. The summed E-state index contributed by atoms with van der Waals surface area (Å²) < 4.78 is 20.7. The third-order valence-electron chi connectivity index (χ3n) is 6.32. The van der Waals surface area contributed by atoms with Crippen molar-refractivity contribution in [2.24, 2.45) is 11.7 Å². The molecule has 0 aliphatic carbocycles. The predicted molar refractivity (Wildman–Crippen MR) is 120 cm³/mol. The molecule has 2 aromatic carbocycles. The highest BCUT2D eigenvalue weighted by Gasteiger charge is 2.34. The van der Waals surface area contributed by atoms with Crippen LogP contribution in [0.5, 0.6) is 11.5 Å². The monoisotopic (exact) mass is 435 g/mol. The zero-order valence-electron chi connectivity index (χ0n) is 17.7. The summed E-state index contributed by atoms with van der Waals surface area (Å²) in [7, 11) is 0. The number of hydrogen-bond donors (Lipinski definition) is 3. The summed E-state index contributed by atoms with van der Waals surface area (Å²) in [6, 6.07) is 13.2. The van der Waals surface area contributed by atoms with Crippen LogP contribution < -0.4 is 21.2 Å². The molecule has 3 aromatic rings. The first-order chi connectivity index (χ1) is 15.6. The fourth-order valence-corrected chi connectivity index (χ4v) is 4.75. The number of aromatic nitrogens is 2. The van der Waals surface area contributed by atoms with Crippen molar-refractivity contribution in [1.29, 1.82) is 0 Å². The number of ether oxygens (including phenoxy) is 1. The molecule has 1 atom stereocenters. The van der Waals surface area contributed by atoms with E-state index in [2.05, 4.69) is 10.7 Å². The van der Waals surface area contributed by atoms with Gasteiger partial charge in [0.05, 0.1) is 0 Å². The lowest BCUT2D eigenvalue weighted by Crippen LogP contribution is -2.37. The maximum Gasteiger partial charge on any atom is 0.269 e. The first kappa shape index (κ1) is 20.5. The Morgan fingerprint density at radius 1 is 1.00 bits per heavy atom. The minimum atomic E-state index is -0.510. The predicted octanol–water partition coefficient (Wildman–Crippen LogP) is 3.61. The molecule has 166 valence electrons. The first-order valence-corrected chi connectivity index (χ1v) is 11.0. The van der Waals surface area contributed by atoms with Gasteiger partial charge in [0.1, 0.15) is 28.8 Å². The quantitative estimate of drug-likeness (QED) is 0.569. The average molecular weight is 436 g/mol. The zero-order chi connectivity index (χ0) is 22.1. The van der Waals surface area contributed by atoms with Gasteiger partial charge in [-0.2, -0.15) is 0 Å². The lowest BCUT2D eigenvalue weighted by molar-refractivity contribution is 0.0992. The Balaban J connectivity index is 1.46. The van der Waals surface area contributed by atoms with Gasteiger partial charge in [-0.25, -0.2) is 14.1 Å². The SMILES string of the molecule is NC(=O)c1c(-c2ccc(Oc3ccc(F)cc3)cc2)nc2n1NCCC2C1CCNCC1. The van der Waals surface area contributed by atoms with Crippen LogP contribution in [-0.4, -0.2) is 35.2 Å². The maximum absolute atomic E-state index is 13.1. The number of hydrogen-bond acceptors (Lipinski definition) is 5. The second kappa shape index (κ2) is 8.63. The van der Waals surface area contributed by atoms with Crippen molar-refractivity contribution in [2.45, 2.75) is 25.2 Å². The summed E-state index contributed by atoms with van der Waals surface area (Å²) in [5.74, 6) is 2.05. The molecule has 1 saturated heterocycles. The highest BCUT2D eigenvalue weighted by atomic mass is 19.1. The van der Waals surface area contributed by atoms with Crippen LogP contribution in [0.2, 0.25) is 0 Å². The van der Waals surface area contributed by atoms with Crippen LogP contribution in [-0.2, 0) is 0 Å². The van der Waals surface area contributed by atoms with E-state index in [-0.39, 0.29) is 5.82 Å². The van der Waals surface area contributed by atoms with Gasteiger partial charge in [0.15, 0.2) is 5.69 Å². The van der Waals surface area contributed by atoms with Crippen LogP contribution in [0.4, 0.5) is 4.39 Å². The van der Waals surface area contributed by atoms with Crippen molar-refractivity contribution in [3.8, 4) is 22.8 Å². The van der Waals surface area contributed by atoms with Gasteiger partial charge in [-0.15, -0.1) is 0 Å². The molecule has 1 unspecified atom stereocenters. The van der Waals surface area contributed by atoms with Crippen LogP contribution in [0.25, 0.3) is 11.3 Å². The van der Waals surface area contributed by atoms with E-state index in [1.54, 1.807) is 28.9 Å². The Morgan fingerprint density at radius 3 is 2.31 bits per heavy atom. The molecule has 1 amide bonds. The Kier molecular flexibility index (Phi) is 5.53. The summed E-state index contributed by atoms with van der Waals surface area (Å²) in [6.07, 6.45) is 3.20. The fraction of sp³-hybridized carbons (Fsp3) is 0.333. The van der Waals surface area contributed by atoms with Crippen molar-refractivity contribution in [1.82, 2.24) is 15.0 Å². The number of primary amides is 1. The Labute approximate surface area is 185 Å². The molecule has 0 spiro atoms. The van der Waals surface area contributed by atoms with Gasteiger partial charge in [-0.05, 0) is 86.8 Å². The van der Waals surface area contributed by atoms with Gasteiger partial charge in [-0.1, -0.05) is 0 Å². The molecule has 32 heavy (non-hydrogen) atoms. The largest absolute Gasteiger partial charge is 0.457 e. The molecule has 3 heterocycles. The molecule has 0 saturated carbocycles. The Hall–Kier alpha value is -3.39. The number of rotatable bonds is 5. The maximum atomic E-state index is 13.1. The molecule has 8 heteroatoms. The molecule has 2 aliphatic heterocycles. The van der Waals surface area contributed by atoms with Crippen molar-refractivity contribution in [3.05, 3.63) is 65.9 Å². The van der Waals surface area contributed by atoms with E-state index in [4.69, 9.17) is 15.5 Å². The van der Waals surface area contributed by atoms with Crippen LogP contribution in [0, 0.1) is 11.7 Å². The number of amides is 1. The number of fused-ring (bicyclic) bond motifs is 1.